The number of halogens is 2. The average molecular weight is 339 g/mol. The van der Waals surface area contributed by atoms with Gasteiger partial charge in [0.1, 0.15) is 17.1 Å². The van der Waals surface area contributed by atoms with E-state index in [9.17, 15) is 18.8 Å². The van der Waals surface area contributed by atoms with Crippen LogP contribution in [0.1, 0.15) is 27.8 Å². The van der Waals surface area contributed by atoms with Crippen LogP contribution < -0.4 is 11.3 Å². The fourth-order valence-corrected chi connectivity index (χ4v) is 2.29. The fraction of sp³-hybridized carbons (Fsp3) is 0.133. The summed E-state index contributed by atoms with van der Waals surface area (Å²) in [5.41, 5.74) is 3.90. The third-order valence-electron chi connectivity index (χ3n) is 2.97. The van der Waals surface area contributed by atoms with Crippen LogP contribution >= 0.6 is 11.6 Å². The van der Waals surface area contributed by atoms with Gasteiger partial charge in [0, 0.05) is 5.69 Å². The highest BCUT2D eigenvalue weighted by Gasteiger charge is 2.23. The first-order valence-electron chi connectivity index (χ1n) is 6.55. The first kappa shape index (κ1) is 16.7. The third-order valence-corrected chi connectivity index (χ3v) is 3.26. The SMILES string of the molecule is CCOC(=O)c1cc(Cl)c(C(N)=O)n(-c2ccc(F)cc2)c1=O. The number of esters is 1. The van der Waals surface area contributed by atoms with Crippen LogP contribution in [0.5, 0.6) is 0 Å². The van der Waals surface area contributed by atoms with Crippen molar-refractivity contribution in [3.8, 4) is 5.69 Å². The molecule has 1 aromatic heterocycles. The van der Waals surface area contributed by atoms with Gasteiger partial charge < -0.3 is 10.5 Å². The van der Waals surface area contributed by atoms with Gasteiger partial charge in [-0.2, -0.15) is 0 Å². The van der Waals surface area contributed by atoms with Crippen LogP contribution in [-0.2, 0) is 4.74 Å². The zero-order chi connectivity index (χ0) is 17.1. The van der Waals surface area contributed by atoms with Crippen LogP contribution in [0.2, 0.25) is 5.02 Å². The number of hydrogen-bond acceptors (Lipinski definition) is 4. The van der Waals surface area contributed by atoms with E-state index in [1.54, 1.807) is 6.92 Å². The van der Waals surface area contributed by atoms with Crippen LogP contribution in [0, 0.1) is 5.82 Å². The smallest absolute Gasteiger partial charge is 0.343 e. The molecule has 1 amide bonds. The minimum absolute atomic E-state index is 0.0595. The van der Waals surface area contributed by atoms with Gasteiger partial charge in [0.05, 0.1) is 11.6 Å². The van der Waals surface area contributed by atoms with Crippen LogP contribution in [0.3, 0.4) is 0 Å². The van der Waals surface area contributed by atoms with Crippen LogP contribution in [0.4, 0.5) is 4.39 Å². The Morgan fingerprint density at radius 1 is 1.30 bits per heavy atom. The number of nitrogens with zero attached hydrogens (tertiary/aromatic N) is 1. The number of pyridine rings is 1. The lowest BCUT2D eigenvalue weighted by Gasteiger charge is -2.14. The summed E-state index contributed by atoms with van der Waals surface area (Å²) < 4.78 is 18.7. The van der Waals surface area contributed by atoms with Gasteiger partial charge in [0.25, 0.3) is 11.5 Å². The molecule has 23 heavy (non-hydrogen) atoms. The van der Waals surface area contributed by atoms with Gasteiger partial charge in [0.15, 0.2) is 0 Å². The van der Waals surface area contributed by atoms with E-state index in [0.717, 1.165) is 22.8 Å². The average Bonchev–Trinajstić information content (AvgIpc) is 2.49. The third kappa shape index (κ3) is 3.24. The van der Waals surface area contributed by atoms with E-state index < -0.39 is 23.3 Å². The molecular formula is C15H12ClFN2O4. The summed E-state index contributed by atoms with van der Waals surface area (Å²) in [6, 6.07) is 5.74. The standard InChI is InChI=1S/C15H12ClFN2O4/c1-2-23-15(22)10-7-11(16)12(13(18)20)19(14(10)21)9-5-3-8(17)4-6-9/h3-7H,2H2,1H3,(H2,18,20). The van der Waals surface area contributed by atoms with Gasteiger partial charge in [-0.15, -0.1) is 0 Å². The van der Waals surface area contributed by atoms with E-state index in [4.69, 9.17) is 22.1 Å². The van der Waals surface area contributed by atoms with E-state index in [1.807, 2.05) is 0 Å². The van der Waals surface area contributed by atoms with Crippen molar-refractivity contribution in [1.29, 1.82) is 0 Å². The number of hydrogen-bond donors (Lipinski definition) is 1. The van der Waals surface area contributed by atoms with Gasteiger partial charge in [-0.05, 0) is 37.3 Å². The molecule has 0 atom stereocenters. The largest absolute Gasteiger partial charge is 0.462 e. The predicted molar refractivity (Wildman–Crippen MR) is 81.5 cm³/mol. The molecule has 2 N–H and O–H groups in total. The second-order valence-corrected chi connectivity index (χ2v) is 4.86. The molecule has 0 bridgehead atoms. The van der Waals surface area contributed by atoms with Crippen LogP contribution in [0.15, 0.2) is 35.1 Å². The molecule has 2 aromatic rings. The molecule has 2 rings (SSSR count). The van der Waals surface area contributed by atoms with Gasteiger partial charge in [0.2, 0.25) is 0 Å². The number of ether oxygens (including phenoxy) is 1. The van der Waals surface area contributed by atoms with Gasteiger partial charge >= 0.3 is 5.97 Å². The highest BCUT2D eigenvalue weighted by Crippen LogP contribution is 2.19. The lowest BCUT2D eigenvalue weighted by atomic mass is 10.2. The molecule has 120 valence electrons. The molecule has 1 aromatic carbocycles. The summed E-state index contributed by atoms with van der Waals surface area (Å²) in [5.74, 6) is -2.38. The number of primary amides is 1. The summed E-state index contributed by atoms with van der Waals surface area (Å²) in [6.45, 7) is 1.64. The highest BCUT2D eigenvalue weighted by molar-refractivity contribution is 6.33. The second kappa shape index (κ2) is 6.62. The first-order chi connectivity index (χ1) is 10.9. The molecule has 8 heteroatoms. The van der Waals surface area contributed by atoms with Gasteiger partial charge in [-0.3, -0.25) is 14.2 Å². The number of amides is 1. The van der Waals surface area contributed by atoms with E-state index in [1.165, 1.54) is 12.1 Å². The summed E-state index contributed by atoms with van der Waals surface area (Å²) in [6.07, 6.45) is 0. The van der Waals surface area contributed by atoms with E-state index >= 15 is 0 Å². The molecule has 0 radical (unpaired) electrons. The molecule has 0 unspecified atom stereocenters. The summed E-state index contributed by atoms with van der Waals surface area (Å²) in [5, 5.41) is -0.190. The Kier molecular flexibility index (Phi) is 4.80. The maximum absolute atomic E-state index is 13.1. The van der Waals surface area contributed by atoms with Crippen LogP contribution in [-0.4, -0.2) is 23.1 Å². The second-order valence-electron chi connectivity index (χ2n) is 4.46. The van der Waals surface area contributed by atoms with Crippen molar-refractivity contribution in [3.63, 3.8) is 0 Å². The van der Waals surface area contributed by atoms with Crippen molar-refractivity contribution in [2.45, 2.75) is 6.92 Å². The molecule has 0 aliphatic heterocycles. The van der Waals surface area contributed by atoms with E-state index in [0.29, 0.717) is 0 Å². The first-order valence-corrected chi connectivity index (χ1v) is 6.93. The molecule has 6 nitrogen and oxygen atoms in total. The maximum Gasteiger partial charge on any atom is 0.343 e. The lowest BCUT2D eigenvalue weighted by molar-refractivity contribution is 0.0523. The number of rotatable bonds is 4. The van der Waals surface area contributed by atoms with E-state index in [2.05, 4.69) is 0 Å². The molecule has 0 spiro atoms. The molecule has 0 saturated carbocycles. The van der Waals surface area contributed by atoms with Crippen molar-refractivity contribution in [2.24, 2.45) is 5.73 Å². The fourth-order valence-electron chi connectivity index (χ4n) is 2.01. The Morgan fingerprint density at radius 2 is 1.91 bits per heavy atom. The normalized spacial score (nSPS) is 10.4. The molecule has 1 heterocycles. The van der Waals surface area contributed by atoms with Crippen molar-refractivity contribution in [3.05, 3.63) is 62.8 Å². The number of nitrogens with two attached hydrogens (primary N) is 1. The van der Waals surface area contributed by atoms with Crippen molar-refractivity contribution >= 4 is 23.5 Å². The van der Waals surface area contributed by atoms with Crippen LogP contribution in [0.25, 0.3) is 5.69 Å². The van der Waals surface area contributed by atoms with Crippen molar-refractivity contribution < 1.29 is 18.7 Å². The number of carbonyl (C=O) groups is 2. The lowest BCUT2D eigenvalue weighted by Crippen LogP contribution is -2.32. The Balaban J connectivity index is 2.80. The topological polar surface area (TPSA) is 91.4 Å². The molecule has 0 saturated heterocycles. The minimum atomic E-state index is -0.966. The predicted octanol–water partition coefficient (Wildman–Crippen LogP) is 1.91. The highest BCUT2D eigenvalue weighted by atomic mass is 35.5. The van der Waals surface area contributed by atoms with Crippen molar-refractivity contribution in [2.75, 3.05) is 6.61 Å². The van der Waals surface area contributed by atoms with Gasteiger partial charge in [-0.25, -0.2) is 9.18 Å². The Bertz CT molecular complexity index is 831. The quantitative estimate of drug-likeness (QED) is 0.862. The summed E-state index contributed by atoms with van der Waals surface area (Å²) in [7, 11) is 0. The minimum Gasteiger partial charge on any atom is -0.462 e. The zero-order valence-electron chi connectivity index (χ0n) is 12.0. The maximum atomic E-state index is 13.1. The Hall–Kier alpha value is -2.67. The van der Waals surface area contributed by atoms with Crippen molar-refractivity contribution in [1.82, 2.24) is 4.57 Å². The molecular weight excluding hydrogens is 327 g/mol. The Morgan fingerprint density at radius 3 is 2.43 bits per heavy atom. The number of carbonyl (C=O) groups excluding carboxylic acids is 2. The number of aromatic nitrogens is 1. The molecule has 0 aliphatic rings. The summed E-state index contributed by atoms with van der Waals surface area (Å²) in [4.78, 5) is 36.0. The van der Waals surface area contributed by atoms with E-state index in [-0.39, 0.29) is 28.6 Å². The summed E-state index contributed by atoms with van der Waals surface area (Å²) >= 11 is 5.98. The zero-order valence-corrected chi connectivity index (χ0v) is 12.8. The Labute approximate surface area is 135 Å². The molecule has 0 aliphatic carbocycles. The molecule has 0 fully saturated rings. The van der Waals surface area contributed by atoms with Gasteiger partial charge in [-0.1, -0.05) is 11.6 Å². The monoisotopic (exact) mass is 338 g/mol. The number of benzene rings is 1.